The predicted molar refractivity (Wildman–Crippen MR) is 72.4 cm³/mol. The quantitative estimate of drug-likeness (QED) is 0.846. The summed E-state index contributed by atoms with van der Waals surface area (Å²) in [5, 5.41) is 0. The second kappa shape index (κ2) is 4.70. The fraction of sp³-hybridized carbons (Fsp3) is 0.385. The predicted octanol–water partition coefficient (Wildman–Crippen LogP) is 2.20. The third-order valence-corrected chi connectivity index (χ3v) is 4.08. The van der Waals surface area contributed by atoms with Crippen molar-refractivity contribution in [2.24, 2.45) is 12.0 Å². The maximum Gasteiger partial charge on any atom is 0.248 e. The average Bonchev–Trinajstić information content (AvgIpc) is 2.93. The number of carbonyl (C=O) groups excluding carboxylic acids is 1. The lowest BCUT2D eigenvalue weighted by Crippen LogP contribution is -2.12. The fourth-order valence-corrected chi connectivity index (χ4v) is 3.05. The lowest BCUT2D eigenvalue weighted by Gasteiger charge is -1.98. The summed E-state index contributed by atoms with van der Waals surface area (Å²) in [5.41, 5.74) is 0.997. The third-order valence-electron chi connectivity index (χ3n) is 2.99. The van der Waals surface area contributed by atoms with E-state index in [9.17, 15) is 4.79 Å². The van der Waals surface area contributed by atoms with E-state index in [1.165, 1.54) is 11.3 Å². The van der Waals surface area contributed by atoms with Crippen LogP contribution in [-0.4, -0.2) is 17.3 Å². The van der Waals surface area contributed by atoms with Crippen LogP contribution < -0.4 is 14.3 Å². The molecule has 5 nitrogen and oxygen atoms in total. The second-order valence-electron chi connectivity index (χ2n) is 4.37. The van der Waals surface area contributed by atoms with E-state index in [4.69, 9.17) is 9.47 Å². The highest BCUT2D eigenvalue weighted by molar-refractivity contribution is 7.16. The van der Waals surface area contributed by atoms with Crippen LogP contribution >= 0.6 is 11.3 Å². The molecule has 0 atom stereocenters. The van der Waals surface area contributed by atoms with E-state index in [2.05, 4.69) is 4.99 Å². The van der Waals surface area contributed by atoms with E-state index in [-0.39, 0.29) is 12.7 Å². The van der Waals surface area contributed by atoms with Gasteiger partial charge in [0, 0.05) is 25.6 Å². The minimum absolute atomic E-state index is 0.0790. The summed E-state index contributed by atoms with van der Waals surface area (Å²) in [6.45, 7) is 2.24. The first kappa shape index (κ1) is 12.2. The van der Waals surface area contributed by atoms with Gasteiger partial charge in [0.25, 0.3) is 0 Å². The van der Waals surface area contributed by atoms with Gasteiger partial charge < -0.3 is 14.0 Å². The molecule has 2 heterocycles. The smallest absolute Gasteiger partial charge is 0.248 e. The molecule has 6 heteroatoms. The first-order chi connectivity index (χ1) is 9.19. The second-order valence-corrected chi connectivity index (χ2v) is 5.38. The standard InChI is InChI=1S/C13H14N2O3S/c1-3-4-12(16)14-13-15(2)8-5-9-10(18-7-17-9)6-11(8)19-13/h5-6H,3-4,7H2,1-2H3. The molecule has 0 N–H and O–H groups in total. The van der Waals surface area contributed by atoms with Gasteiger partial charge in [-0.1, -0.05) is 18.3 Å². The van der Waals surface area contributed by atoms with Crippen LogP contribution in [0.5, 0.6) is 11.5 Å². The molecule has 1 amide bonds. The molecule has 2 aromatic rings. The number of amides is 1. The number of hydrogen-bond donors (Lipinski definition) is 0. The van der Waals surface area contributed by atoms with Crippen molar-refractivity contribution in [2.75, 3.05) is 6.79 Å². The van der Waals surface area contributed by atoms with E-state index in [1.807, 2.05) is 30.7 Å². The van der Waals surface area contributed by atoms with Crippen molar-refractivity contribution in [3.8, 4) is 11.5 Å². The van der Waals surface area contributed by atoms with Crippen LogP contribution in [0.3, 0.4) is 0 Å². The van der Waals surface area contributed by atoms with Crippen molar-refractivity contribution in [3.05, 3.63) is 16.9 Å². The largest absolute Gasteiger partial charge is 0.454 e. The number of benzene rings is 1. The monoisotopic (exact) mass is 278 g/mol. The zero-order valence-corrected chi connectivity index (χ0v) is 11.6. The molecule has 0 radical (unpaired) electrons. The summed E-state index contributed by atoms with van der Waals surface area (Å²) in [7, 11) is 1.90. The maximum atomic E-state index is 11.6. The molecule has 1 aliphatic rings. The molecule has 1 aliphatic heterocycles. The molecule has 3 rings (SSSR count). The minimum atomic E-state index is -0.0790. The highest BCUT2D eigenvalue weighted by Crippen LogP contribution is 2.36. The molecule has 0 spiro atoms. The van der Waals surface area contributed by atoms with Crippen LogP contribution in [0.1, 0.15) is 19.8 Å². The van der Waals surface area contributed by atoms with Gasteiger partial charge >= 0.3 is 0 Å². The number of rotatable bonds is 2. The van der Waals surface area contributed by atoms with E-state index >= 15 is 0 Å². The van der Waals surface area contributed by atoms with Crippen molar-refractivity contribution in [1.82, 2.24) is 4.57 Å². The number of ether oxygens (including phenoxy) is 2. The molecule has 0 aliphatic carbocycles. The minimum Gasteiger partial charge on any atom is -0.454 e. The topological polar surface area (TPSA) is 52.8 Å². The lowest BCUT2D eigenvalue weighted by molar-refractivity contribution is -0.118. The Morgan fingerprint density at radius 3 is 2.89 bits per heavy atom. The van der Waals surface area contributed by atoms with Crippen molar-refractivity contribution in [1.29, 1.82) is 0 Å². The maximum absolute atomic E-state index is 11.6. The number of aryl methyl sites for hydroxylation is 1. The van der Waals surface area contributed by atoms with Crippen molar-refractivity contribution in [2.45, 2.75) is 19.8 Å². The molecule has 0 bridgehead atoms. The van der Waals surface area contributed by atoms with E-state index < -0.39 is 0 Å². The van der Waals surface area contributed by atoms with Gasteiger partial charge in [0.1, 0.15) is 0 Å². The first-order valence-corrected chi connectivity index (χ1v) is 6.97. The lowest BCUT2D eigenvalue weighted by atomic mass is 10.3. The van der Waals surface area contributed by atoms with Gasteiger partial charge in [-0.05, 0) is 6.42 Å². The van der Waals surface area contributed by atoms with Gasteiger partial charge in [-0.25, -0.2) is 0 Å². The molecule has 1 aromatic carbocycles. The molecule has 1 aromatic heterocycles. The number of aromatic nitrogens is 1. The summed E-state index contributed by atoms with van der Waals surface area (Å²) < 4.78 is 13.7. The number of thiazole rings is 1. The van der Waals surface area contributed by atoms with Gasteiger partial charge in [0.05, 0.1) is 10.2 Å². The van der Waals surface area contributed by atoms with Crippen molar-refractivity contribution >= 4 is 27.5 Å². The third kappa shape index (κ3) is 2.12. The Balaban J connectivity index is 2.13. The Labute approximate surface area is 114 Å². The number of carbonyl (C=O) groups is 1. The Bertz CT molecular complexity index is 714. The highest BCUT2D eigenvalue weighted by Gasteiger charge is 2.16. The highest BCUT2D eigenvalue weighted by atomic mass is 32.1. The molecule has 0 saturated heterocycles. The van der Waals surface area contributed by atoms with Crippen LogP contribution in [-0.2, 0) is 11.8 Å². The average molecular weight is 278 g/mol. The molecular formula is C13H14N2O3S. The Morgan fingerprint density at radius 2 is 2.16 bits per heavy atom. The van der Waals surface area contributed by atoms with Crippen molar-refractivity contribution in [3.63, 3.8) is 0 Å². The van der Waals surface area contributed by atoms with Crippen LogP contribution in [0.25, 0.3) is 10.2 Å². The van der Waals surface area contributed by atoms with Gasteiger partial charge in [0.15, 0.2) is 16.3 Å². The summed E-state index contributed by atoms with van der Waals surface area (Å²) in [6, 6.07) is 3.86. The SMILES string of the molecule is CCCC(=O)N=c1sc2cc3c(cc2n1C)OCO3. The number of hydrogen-bond acceptors (Lipinski definition) is 4. The zero-order valence-electron chi connectivity index (χ0n) is 10.8. The fourth-order valence-electron chi connectivity index (χ4n) is 2.00. The van der Waals surface area contributed by atoms with Crippen LogP contribution in [0.4, 0.5) is 0 Å². The van der Waals surface area contributed by atoms with E-state index in [1.54, 1.807) is 0 Å². The van der Waals surface area contributed by atoms with Gasteiger partial charge in [0.2, 0.25) is 12.7 Å². The Kier molecular flexibility index (Phi) is 3.02. The van der Waals surface area contributed by atoms with Gasteiger partial charge in [-0.2, -0.15) is 4.99 Å². The summed E-state index contributed by atoms with van der Waals surface area (Å²) >= 11 is 1.48. The van der Waals surface area contributed by atoms with E-state index in [0.717, 1.165) is 28.1 Å². The Morgan fingerprint density at radius 1 is 1.42 bits per heavy atom. The van der Waals surface area contributed by atoms with Crippen LogP contribution in [0.2, 0.25) is 0 Å². The van der Waals surface area contributed by atoms with Crippen molar-refractivity contribution < 1.29 is 14.3 Å². The van der Waals surface area contributed by atoms with Gasteiger partial charge in [-0.3, -0.25) is 4.79 Å². The number of fused-ring (bicyclic) bond motifs is 2. The molecule has 0 saturated carbocycles. The molecule has 0 unspecified atom stereocenters. The molecule has 19 heavy (non-hydrogen) atoms. The molecule has 100 valence electrons. The van der Waals surface area contributed by atoms with Gasteiger partial charge in [-0.15, -0.1) is 0 Å². The zero-order chi connectivity index (χ0) is 13.4. The summed E-state index contributed by atoms with van der Waals surface area (Å²) in [4.78, 5) is 16.5. The van der Waals surface area contributed by atoms with Crippen LogP contribution in [0.15, 0.2) is 17.1 Å². The van der Waals surface area contributed by atoms with Crippen LogP contribution in [0, 0.1) is 0 Å². The summed E-state index contributed by atoms with van der Waals surface area (Å²) in [6.07, 6.45) is 1.30. The molecular weight excluding hydrogens is 264 g/mol. The van der Waals surface area contributed by atoms with E-state index in [0.29, 0.717) is 11.2 Å². The first-order valence-electron chi connectivity index (χ1n) is 6.15. The summed E-state index contributed by atoms with van der Waals surface area (Å²) in [5.74, 6) is 1.41. The normalized spacial score (nSPS) is 14.3. The molecule has 0 fully saturated rings. The number of nitrogens with zero attached hydrogens (tertiary/aromatic N) is 2. The Hall–Kier alpha value is -1.82.